The molecule has 0 saturated heterocycles. The maximum atomic E-state index is 12.5. The van der Waals surface area contributed by atoms with E-state index in [1.165, 1.54) is 0 Å². The SMILES string of the molecule is CCOC(=O)c1nn(-c2ccsc2)c2c1oc1cc(OC)c(-c3ccn(C)n3)cc12. The third-order valence-corrected chi connectivity index (χ3v) is 5.49. The van der Waals surface area contributed by atoms with Crippen LogP contribution in [0.5, 0.6) is 5.75 Å². The first-order chi connectivity index (χ1) is 14.6. The minimum atomic E-state index is -0.521. The van der Waals surface area contributed by atoms with E-state index in [2.05, 4.69) is 10.2 Å². The van der Waals surface area contributed by atoms with E-state index < -0.39 is 5.97 Å². The van der Waals surface area contributed by atoms with Crippen LogP contribution in [0.1, 0.15) is 17.4 Å². The van der Waals surface area contributed by atoms with Crippen LogP contribution >= 0.6 is 11.3 Å². The maximum absolute atomic E-state index is 12.5. The van der Waals surface area contributed by atoms with E-state index in [9.17, 15) is 4.79 Å². The number of hydrogen-bond donors (Lipinski definition) is 0. The molecule has 0 fully saturated rings. The minimum absolute atomic E-state index is 0.146. The summed E-state index contributed by atoms with van der Waals surface area (Å²) < 4.78 is 20.3. The second kappa shape index (κ2) is 7.03. The largest absolute Gasteiger partial charge is 0.496 e. The van der Waals surface area contributed by atoms with Crippen LogP contribution in [0, 0.1) is 0 Å². The molecule has 4 aromatic heterocycles. The van der Waals surface area contributed by atoms with Gasteiger partial charge in [-0.3, -0.25) is 4.68 Å². The number of rotatable bonds is 5. The number of carbonyl (C=O) groups excluding carboxylic acids is 1. The first kappa shape index (κ1) is 18.4. The summed E-state index contributed by atoms with van der Waals surface area (Å²) in [4.78, 5) is 12.5. The number of furan rings is 1. The smallest absolute Gasteiger partial charge is 0.362 e. The zero-order valence-electron chi connectivity index (χ0n) is 16.6. The van der Waals surface area contributed by atoms with Gasteiger partial charge in [-0.1, -0.05) is 0 Å². The van der Waals surface area contributed by atoms with Crippen LogP contribution in [0.25, 0.3) is 39.0 Å². The molecule has 0 aliphatic rings. The van der Waals surface area contributed by atoms with Gasteiger partial charge in [-0.05, 0) is 30.5 Å². The molecular formula is C21H18N4O4S. The molecule has 9 heteroatoms. The molecule has 0 bridgehead atoms. The molecule has 4 heterocycles. The first-order valence-electron chi connectivity index (χ1n) is 9.33. The second-order valence-electron chi connectivity index (χ2n) is 6.67. The van der Waals surface area contributed by atoms with Crippen molar-refractivity contribution in [3.63, 3.8) is 0 Å². The Bertz CT molecular complexity index is 1380. The number of aryl methyl sites for hydroxylation is 1. The number of methoxy groups -OCH3 is 1. The van der Waals surface area contributed by atoms with E-state index in [1.807, 2.05) is 48.3 Å². The Morgan fingerprint density at radius 1 is 1.27 bits per heavy atom. The summed E-state index contributed by atoms with van der Waals surface area (Å²) in [5.74, 6) is 0.109. The first-order valence-corrected chi connectivity index (χ1v) is 10.3. The lowest BCUT2D eigenvalue weighted by Gasteiger charge is -2.07. The van der Waals surface area contributed by atoms with Crippen molar-refractivity contribution in [2.75, 3.05) is 13.7 Å². The molecule has 0 spiro atoms. The van der Waals surface area contributed by atoms with Crippen molar-refractivity contribution < 1.29 is 18.7 Å². The summed E-state index contributed by atoms with van der Waals surface area (Å²) in [6.45, 7) is 2.01. The number of aromatic nitrogens is 4. The number of fused-ring (bicyclic) bond motifs is 3. The van der Waals surface area contributed by atoms with Crippen molar-refractivity contribution >= 4 is 39.4 Å². The number of hydrogen-bond acceptors (Lipinski definition) is 7. The number of thiophene rings is 1. The predicted molar refractivity (Wildman–Crippen MR) is 113 cm³/mol. The monoisotopic (exact) mass is 422 g/mol. The third kappa shape index (κ3) is 2.78. The van der Waals surface area contributed by atoms with E-state index in [1.54, 1.807) is 34.7 Å². The van der Waals surface area contributed by atoms with Gasteiger partial charge in [0.1, 0.15) is 16.8 Å². The van der Waals surface area contributed by atoms with Gasteiger partial charge >= 0.3 is 5.97 Å². The lowest BCUT2D eigenvalue weighted by molar-refractivity contribution is 0.0520. The average Bonchev–Trinajstić information content (AvgIpc) is 3.51. The summed E-state index contributed by atoms with van der Waals surface area (Å²) in [5, 5.41) is 13.7. The van der Waals surface area contributed by atoms with Crippen molar-refractivity contribution in [3.05, 3.63) is 46.9 Å². The Hall–Kier alpha value is -3.59. The van der Waals surface area contributed by atoms with Gasteiger partial charge in [0.15, 0.2) is 5.58 Å². The second-order valence-corrected chi connectivity index (χ2v) is 7.45. The molecule has 0 N–H and O–H groups in total. The van der Waals surface area contributed by atoms with E-state index >= 15 is 0 Å². The number of carbonyl (C=O) groups is 1. The zero-order chi connectivity index (χ0) is 20.8. The van der Waals surface area contributed by atoms with Crippen molar-refractivity contribution in [1.29, 1.82) is 0 Å². The van der Waals surface area contributed by atoms with Crippen LogP contribution in [0.4, 0.5) is 0 Å². The van der Waals surface area contributed by atoms with Crippen LogP contribution in [-0.2, 0) is 11.8 Å². The maximum Gasteiger partial charge on any atom is 0.362 e. The summed E-state index contributed by atoms with van der Waals surface area (Å²) >= 11 is 1.55. The molecule has 152 valence electrons. The van der Waals surface area contributed by atoms with Crippen LogP contribution in [0.2, 0.25) is 0 Å². The molecule has 0 aliphatic heterocycles. The number of benzene rings is 1. The highest BCUT2D eigenvalue weighted by molar-refractivity contribution is 7.08. The third-order valence-electron chi connectivity index (χ3n) is 4.82. The summed E-state index contributed by atoms with van der Waals surface area (Å²) in [6.07, 6.45) is 1.87. The molecule has 0 aliphatic carbocycles. The standard InChI is InChI=1S/C21H18N4O4S/c1-4-28-21(26)18-20-19(25(23-18)12-6-8-30-11-12)14-9-13(15-5-7-24(2)22-15)16(27-3)10-17(14)29-20/h5-11H,4H2,1-3H3. The Kier molecular flexibility index (Phi) is 4.32. The fourth-order valence-electron chi connectivity index (χ4n) is 3.50. The molecular weight excluding hydrogens is 404 g/mol. The van der Waals surface area contributed by atoms with Crippen molar-refractivity contribution in [2.24, 2.45) is 7.05 Å². The summed E-state index contributed by atoms with van der Waals surface area (Å²) in [5.41, 5.74) is 4.27. The van der Waals surface area contributed by atoms with E-state index in [0.29, 0.717) is 22.4 Å². The highest BCUT2D eigenvalue weighted by Crippen LogP contribution is 2.40. The molecule has 5 aromatic rings. The number of nitrogens with zero attached hydrogens (tertiary/aromatic N) is 4. The van der Waals surface area contributed by atoms with Crippen molar-refractivity contribution in [3.8, 4) is 22.7 Å². The molecule has 0 saturated carbocycles. The lowest BCUT2D eigenvalue weighted by atomic mass is 10.1. The summed E-state index contributed by atoms with van der Waals surface area (Å²) in [7, 11) is 3.47. The van der Waals surface area contributed by atoms with E-state index in [-0.39, 0.29) is 12.3 Å². The molecule has 30 heavy (non-hydrogen) atoms. The topological polar surface area (TPSA) is 84.3 Å². The fourth-order valence-corrected chi connectivity index (χ4v) is 4.12. The highest BCUT2D eigenvalue weighted by Gasteiger charge is 2.26. The van der Waals surface area contributed by atoms with Gasteiger partial charge in [0.25, 0.3) is 0 Å². The van der Waals surface area contributed by atoms with Gasteiger partial charge in [-0.25, -0.2) is 9.48 Å². The number of ether oxygens (including phenoxy) is 2. The molecule has 0 radical (unpaired) electrons. The molecule has 8 nitrogen and oxygen atoms in total. The Morgan fingerprint density at radius 2 is 2.13 bits per heavy atom. The van der Waals surface area contributed by atoms with Crippen molar-refractivity contribution in [1.82, 2.24) is 19.6 Å². The number of esters is 1. The quantitative estimate of drug-likeness (QED) is 0.390. The van der Waals surface area contributed by atoms with Gasteiger partial charge in [-0.2, -0.15) is 21.5 Å². The molecule has 5 rings (SSSR count). The Balaban J connectivity index is 1.84. The van der Waals surface area contributed by atoms with Crippen LogP contribution in [-0.4, -0.2) is 39.2 Å². The molecule has 0 unspecified atom stereocenters. The van der Waals surface area contributed by atoms with Crippen molar-refractivity contribution in [2.45, 2.75) is 6.92 Å². The van der Waals surface area contributed by atoms with Crippen LogP contribution < -0.4 is 4.74 Å². The minimum Gasteiger partial charge on any atom is -0.496 e. The molecule has 0 amide bonds. The van der Waals surface area contributed by atoms with Gasteiger partial charge in [0.2, 0.25) is 5.69 Å². The zero-order valence-corrected chi connectivity index (χ0v) is 17.4. The fraction of sp³-hybridized carbons (Fsp3) is 0.190. The van der Waals surface area contributed by atoms with Gasteiger partial charge in [0, 0.05) is 35.6 Å². The van der Waals surface area contributed by atoms with Crippen LogP contribution in [0.15, 0.2) is 45.6 Å². The van der Waals surface area contributed by atoms with Gasteiger partial charge in [0.05, 0.1) is 25.1 Å². The lowest BCUT2D eigenvalue weighted by Crippen LogP contribution is -2.07. The predicted octanol–water partition coefficient (Wildman–Crippen LogP) is 4.42. The van der Waals surface area contributed by atoms with Crippen LogP contribution in [0.3, 0.4) is 0 Å². The molecule has 0 atom stereocenters. The van der Waals surface area contributed by atoms with E-state index in [0.717, 1.165) is 22.3 Å². The summed E-state index contributed by atoms with van der Waals surface area (Å²) in [6, 6.07) is 7.63. The Morgan fingerprint density at radius 3 is 2.80 bits per heavy atom. The molecule has 1 aromatic carbocycles. The highest BCUT2D eigenvalue weighted by atomic mass is 32.1. The van der Waals surface area contributed by atoms with Gasteiger partial charge in [-0.15, -0.1) is 0 Å². The Labute approximate surface area is 175 Å². The van der Waals surface area contributed by atoms with Gasteiger partial charge < -0.3 is 13.9 Å². The van der Waals surface area contributed by atoms with E-state index in [4.69, 9.17) is 13.9 Å². The average molecular weight is 422 g/mol. The normalized spacial score (nSPS) is 11.4.